The number of piperidine rings is 6. The van der Waals surface area contributed by atoms with Crippen molar-refractivity contribution in [1.82, 2.24) is 29.4 Å². The Balaban J connectivity index is 0.000000146. The van der Waals surface area contributed by atoms with Gasteiger partial charge < -0.3 is 67.8 Å². The number of benzene rings is 3. The Morgan fingerprint density at radius 3 is 1.61 bits per heavy atom. The molecule has 3 aromatic rings. The smallest absolute Gasteiger partial charge is 0.410 e. The Morgan fingerprint density at radius 2 is 1.07 bits per heavy atom. The minimum absolute atomic E-state index is 0. The van der Waals surface area contributed by atoms with E-state index in [-0.39, 0.29) is 65.6 Å². The first kappa shape index (κ1) is 68.8. The van der Waals surface area contributed by atoms with Gasteiger partial charge in [-0.2, -0.15) is 0 Å². The summed E-state index contributed by atoms with van der Waals surface area (Å²) in [7, 11) is 1.60. The van der Waals surface area contributed by atoms with Crippen LogP contribution in [0.5, 0.6) is 0 Å². The molecule has 14 rings (SSSR count). The first-order valence-corrected chi connectivity index (χ1v) is 35.8. The van der Waals surface area contributed by atoms with Crippen LogP contribution in [-0.4, -0.2) is 227 Å². The molecule has 22 heteroatoms. The molecule has 8 saturated heterocycles. The van der Waals surface area contributed by atoms with Crippen molar-refractivity contribution in [1.29, 1.82) is 0 Å². The van der Waals surface area contributed by atoms with E-state index in [4.69, 9.17) is 35.3 Å². The number of amides is 6. The van der Waals surface area contributed by atoms with Gasteiger partial charge in [0.1, 0.15) is 18.5 Å². The Kier molecular flexibility index (Phi) is 21.4. The molecule has 11 aliphatic rings. The molecule has 8 fully saturated rings. The molecular weight excluding hydrogens is 1230 g/mol. The maximum Gasteiger partial charge on any atom is 0.410 e. The second-order valence-corrected chi connectivity index (χ2v) is 29.6. The molecule has 3 aromatic carbocycles. The van der Waals surface area contributed by atoms with Crippen molar-refractivity contribution < 1.29 is 58.3 Å². The molecule has 3 spiro atoms. The van der Waals surface area contributed by atoms with Gasteiger partial charge in [0.2, 0.25) is 17.7 Å². The fourth-order valence-corrected chi connectivity index (χ4v) is 18.3. The summed E-state index contributed by atoms with van der Waals surface area (Å²) in [6.07, 6.45) is 14.4. The first-order valence-electron chi connectivity index (χ1n) is 35.4. The van der Waals surface area contributed by atoms with Crippen LogP contribution in [0.2, 0.25) is 5.02 Å². The molecule has 6 amide bonds. The third-order valence-corrected chi connectivity index (χ3v) is 23.7. The standard InChI is InChI=1S/C25H37N3O4.C24H32ClN3O3.C24H32FN3O4.H2/c1-19-4-5-23-22(16-19)25(18-28(23)20(2)29)8-12-26(13-9-25)17-21-6-10-27(11-7-21)24(30)32-15-14-31-3;1-3-31-23(30)28-18-5-6-19(28)14-20(13-18)26-10-8-24(9-11-26)15-27(16(2)29)22-7-4-17(25)12-21(22)24;1-17(29)28-16-24(21-14-18(25)2-3-22(21)28)7-11-26(12-8-24)19-4-9-27(10-5-19)23(30)32-20-6-13-31-15-20;/h4-5,16,21H,6-15,17-18H2,1-3H3;4,7,12,18-20H,3,5-6,8-11,13-15H2,1-2H3;2-3,14,19-20H,4-13,15-16H2,1H3;1H/t;;20-;/m..0./s1. The van der Waals surface area contributed by atoms with Crippen molar-refractivity contribution in [2.75, 3.05) is 146 Å². The van der Waals surface area contributed by atoms with Crippen LogP contribution in [0.15, 0.2) is 54.6 Å². The first-order chi connectivity index (χ1) is 45.8. The summed E-state index contributed by atoms with van der Waals surface area (Å²) in [6, 6.07) is 19.0. The van der Waals surface area contributed by atoms with Gasteiger partial charge >= 0.3 is 18.3 Å². The van der Waals surface area contributed by atoms with Crippen LogP contribution in [0, 0.1) is 18.7 Å². The highest BCUT2D eigenvalue weighted by atomic mass is 35.5. The molecule has 95 heavy (non-hydrogen) atoms. The maximum atomic E-state index is 14.1. The van der Waals surface area contributed by atoms with Crippen molar-refractivity contribution in [3.8, 4) is 0 Å². The van der Waals surface area contributed by atoms with E-state index in [2.05, 4.69) is 45.9 Å². The van der Waals surface area contributed by atoms with E-state index in [0.717, 1.165) is 196 Å². The van der Waals surface area contributed by atoms with Crippen molar-refractivity contribution >= 4 is 64.7 Å². The molecule has 11 heterocycles. The van der Waals surface area contributed by atoms with E-state index in [1.54, 1.807) is 40.0 Å². The van der Waals surface area contributed by atoms with Crippen molar-refractivity contribution in [2.24, 2.45) is 5.92 Å². The number of hydrogen-bond donors (Lipinski definition) is 0. The molecule has 2 bridgehead atoms. The van der Waals surface area contributed by atoms with Gasteiger partial charge in [0.25, 0.3) is 0 Å². The number of hydrogen-bond acceptors (Lipinski definition) is 14. The van der Waals surface area contributed by atoms with Crippen LogP contribution in [0.4, 0.5) is 35.8 Å². The number of ether oxygens (including phenoxy) is 5. The number of carbonyl (C=O) groups excluding carboxylic acids is 6. The average molecular weight is 1340 g/mol. The summed E-state index contributed by atoms with van der Waals surface area (Å²) in [5, 5.41) is 0.744. The van der Waals surface area contributed by atoms with Gasteiger partial charge in [-0.25, -0.2) is 18.8 Å². The van der Waals surface area contributed by atoms with E-state index in [1.807, 2.05) is 48.5 Å². The van der Waals surface area contributed by atoms with Crippen LogP contribution in [-0.2, 0) is 54.3 Å². The molecule has 0 N–H and O–H groups in total. The van der Waals surface area contributed by atoms with E-state index in [1.165, 1.54) is 22.8 Å². The SMILES string of the molecule is CC(=O)N1CC2(CCN(C3CCN(C(=O)O[C@H]4CCOC4)CC3)CC2)c2cc(F)ccc21.CCOC(=O)N1C2CCC1CC(N1CCC3(CC1)CN(C(C)=O)c1ccc(Cl)cc13)C2.COCCOC(=O)N1CCC(CN2CCC3(CC2)CN(C(C)=O)c2ccc(C)cc23)CC1.[HH]. The summed E-state index contributed by atoms with van der Waals surface area (Å²) in [5.74, 6) is 0.645. The van der Waals surface area contributed by atoms with Crippen LogP contribution < -0.4 is 14.7 Å². The molecule has 20 nitrogen and oxygen atoms in total. The summed E-state index contributed by atoms with van der Waals surface area (Å²) in [4.78, 5) is 92.8. The lowest BCUT2D eigenvalue weighted by Crippen LogP contribution is -2.55. The fraction of sp³-hybridized carbons (Fsp3) is 0.671. The summed E-state index contributed by atoms with van der Waals surface area (Å²) in [5.41, 5.74) is 7.82. The van der Waals surface area contributed by atoms with Gasteiger partial charge in [0.05, 0.1) is 26.4 Å². The summed E-state index contributed by atoms with van der Waals surface area (Å²) < 4.78 is 40.4. The lowest BCUT2D eigenvalue weighted by Gasteiger charge is -2.47. The van der Waals surface area contributed by atoms with Gasteiger partial charge in [-0.3, -0.25) is 14.4 Å². The monoisotopic (exact) mass is 1340 g/mol. The molecule has 3 atom stereocenters. The zero-order chi connectivity index (χ0) is 66.8. The number of carbonyl (C=O) groups is 6. The molecule has 2 unspecified atom stereocenters. The number of methoxy groups -OCH3 is 1. The van der Waals surface area contributed by atoms with Gasteiger partial charge in [-0.1, -0.05) is 29.3 Å². The van der Waals surface area contributed by atoms with E-state index in [9.17, 15) is 33.2 Å². The maximum absolute atomic E-state index is 14.1. The molecule has 0 saturated carbocycles. The predicted octanol–water partition coefficient (Wildman–Crippen LogP) is 10.5. The van der Waals surface area contributed by atoms with Gasteiger partial charge in [-0.05, 0) is 208 Å². The third kappa shape index (κ3) is 14.7. The minimum Gasteiger partial charge on any atom is -0.450 e. The van der Waals surface area contributed by atoms with Gasteiger partial charge in [0, 0.05) is 151 Å². The number of halogens is 2. The molecular formula is C73H103ClFN9O11. The number of nitrogens with zero attached hydrogens (tertiary/aromatic N) is 9. The summed E-state index contributed by atoms with van der Waals surface area (Å²) >= 11 is 6.35. The van der Waals surface area contributed by atoms with Crippen molar-refractivity contribution in [3.63, 3.8) is 0 Å². The molecule has 11 aliphatic heterocycles. The highest BCUT2D eigenvalue weighted by molar-refractivity contribution is 6.30. The number of aryl methyl sites for hydroxylation is 1. The predicted molar refractivity (Wildman–Crippen MR) is 364 cm³/mol. The molecule has 0 radical (unpaired) electrons. The van der Waals surface area contributed by atoms with Gasteiger partial charge in [0.15, 0.2) is 0 Å². The Morgan fingerprint density at radius 1 is 0.568 bits per heavy atom. The Labute approximate surface area is 567 Å². The van der Waals surface area contributed by atoms with Crippen LogP contribution in [0.1, 0.15) is 148 Å². The Bertz CT molecular complexity index is 3250. The zero-order valence-electron chi connectivity index (χ0n) is 57.0. The zero-order valence-corrected chi connectivity index (χ0v) is 57.7. The topological polar surface area (TPSA) is 178 Å². The second kappa shape index (κ2) is 29.5. The second-order valence-electron chi connectivity index (χ2n) is 29.1. The summed E-state index contributed by atoms with van der Waals surface area (Å²) in [6.45, 7) is 23.6. The normalized spacial score (nSPS) is 25.4. The minimum atomic E-state index is -0.237. The fourth-order valence-electron chi connectivity index (χ4n) is 18.1. The lowest BCUT2D eigenvalue weighted by molar-refractivity contribution is -0.117. The number of likely N-dealkylation sites (tertiary alicyclic amines) is 5. The Hall–Kier alpha value is -6.10. The van der Waals surface area contributed by atoms with Crippen molar-refractivity contribution in [2.45, 2.75) is 177 Å². The van der Waals surface area contributed by atoms with Crippen LogP contribution in [0.25, 0.3) is 0 Å². The largest absolute Gasteiger partial charge is 0.450 e. The number of fused-ring (bicyclic) bond motifs is 8. The quantitative estimate of drug-likeness (QED) is 0.146. The molecule has 0 aromatic heterocycles. The van der Waals surface area contributed by atoms with Crippen molar-refractivity contribution in [3.05, 3.63) is 87.7 Å². The van der Waals surface area contributed by atoms with E-state index in [0.29, 0.717) is 82.8 Å². The van der Waals surface area contributed by atoms with Crippen LogP contribution in [0.3, 0.4) is 0 Å². The molecule has 0 aliphatic carbocycles. The molecule has 520 valence electrons. The third-order valence-electron chi connectivity index (χ3n) is 23.5. The number of rotatable bonds is 9. The van der Waals surface area contributed by atoms with Gasteiger partial charge in [-0.15, -0.1) is 0 Å². The highest BCUT2D eigenvalue weighted by Gasteiger charge is 2.52. The average Bonchev–Trinajstić information content (AvgIpc) is 1.60. The lowest BCUT2D eigenvalue weighted by atomic mass is 9.73. The van der Waals surface area contributed by atoms with Crippen LogP contribution >= 0.6 is 11.6 Å². The van der Waals surface area contributed by atoms with E-state index >= 15 is 0 Å². The number of anilines is 3. The highest BCUT2D eigenvalue weighted by Crippen LogP contribution is 2.52. The van der Waals surface area contributed by atoms with E-state index < -0.39 is 0 Å².